The van der Waals surface area contributed by atoms with Crippen molar-refractivity contribution >= 4 is 11.8 Å². The van der Waals surface area contributed by atoms with E-state index in [1.54, 1.807) is 0 Å². The van der Waals surface area contributed by atoms with Gasteiger partial charge in [-0.25, -0.2) is 0 Å². The lowest BCUT2D eigenvalue weighted by Gasteiger charge is -2.25. The summed E-state index contributed by atoms with van der Waals surface area (Å²) in [5.41, 5.74) is 1.39. The number of hydrogen-bond acceptors (Lipinski definition) is 3. The zero-order chi connectivity index (χ0) is 12.7. The fraction of sp³-hybridized carbons (Fsp3) is 0.571. The Bertz CT molecular complexity index is 309. The topological polar surface area (TPSA) is 15.3 Å². The molecule has 0 aliphatic heterocycles. The molecule has 0 aromatic heterocycles. The van der Waals surface area contributed by atoms with Crippen molar-refractivity contribution in [3.05, 3.63) is 29.8 Å². The molecule has 0 aliphatic rings. The number of nitrogens with zero attached hydrogens (tertiary/aromatic N) is 1. The molecule has 1 aromatic carbocycles. The summed E-state index contributed by atoms with van der Waals surface area (Å²) >= 11 is 1.89. The van der Waals surface area contributed by atoms with Crippen molar-refractivity contribution in [1.29, 1.82) is 0 Å². The maximum atomic E-state index is 3.42. The molecule has 1 atom stereocenters. The fourth-order valence-corrected chi connectivity index (χ4v) is 2.49. The van der Waals surface area contributed by atoms with Crippen LogP contribution in [0.15, 0.2) is 29.2 Å². The van der Waals surface area contributed by atoms with Crippen LogP contribution in [0.1, 0.15) is 25.5 Å². The first-order chi connectivity index (χ1) is 8.19. The first kappa shape index (κ1) is 14.6. The van der Waals surface area contributed by atoms with E-state index in [0.29, 0.717) is 6.04 Å². The third-order valence-electron chi connectivity index (χ3n) is 2.79. The summed E-state index contributed by atoms with van der Waals surface area (Å²) in [4.78, 5) is 3.63. The lowest BCUT2D eigenvalue weighted by atomic mass is 10.1. The molecule has 2 nitrogen and oxygen atoms in total. The van der Waals surface area contributed by atoms with Gasteiger partial charge in [0.05, 0.1) is 0 Å². The van der Waals surface area contributed by atoms with Crippen molar-refractivity contribution in [2.75, 3.05) is 32.9 Å². The summed E-state index contributed by atoms with van der Waals surface area (Å²) in [6, 6.07) is 9.41. The van der Waals surface area contributed by atoms with Gasteiger partial charge in [-0.05, 0) is 44.1 Å². The van der Waals surface area contributed by atoms with Crippen LogP contribution in [-0.4, -0.2) is 37.8 Å². The standard InChI is InChI=1S/C14H24N2S/c1-5-15-11-14(16(3)4)12-7-9-13(10-8-12)17-6-2/h7-10,14-15H,5-6,11H2,1-4H3. The highest BCUT2D eigenvalue weighted by Gasteiger charge is 2.12. The average molecular weight is 252 g/mol. The minimum atomic E-state index is 0.454. The van der Waals surface area contributed by atoms with Crippen LogP contribution < -0.4 is 5.32 Å². The van der Waals surface area contributed by atoms with Gasteiger partial charge in [-0.2, -0.15) is 0 Å². The average Bonchev–Trinajstić information content (AvgIpc) is 2.31. The van der Waals surface area contributed by atoms with Crippen LogP contribution in [0.25, 0.3) is 0 Å². The van der Waals surface area contributed by atoms with E-state index in [2.05, 4.69) is 62.4 Å². The van der Waals surface area contributed by atoms with E-state index in [-0.39, 0.29) is 0 Å². The van der Waals surface area contributed by atoms with E-state index in [1.807, 2.05) is 11.8 Å². The van der Waals surface area contributed by atoms with Gasteiger partial charge in [0.25, 0.3) is 0 Å². The molecular formula is C14H24N2S. The Morgan fingerprint density at radius 1 is 1.18 bits per heavy atom. The predicted molar refractivity (Wildman–Crippen MR) is 77.8 cm³/mol. The van der Waals surface area contributed by atoms with Crippen LogP contribution in [0.4, 0.5) is 0 Å². The van der Waals surface area contributed by atoms with Crippen LogP contribution in [0.2, 0.25) is 0 Å². The predicted octanol–water partition coefficient (Wildman–Crippen LogP) is 3.01. The summed E-state index contributed by atoms with van der Waals surface area (Å²) in [5.74, 6) is 1.13. The van der Waals surface area contributed by atoms with Crippen molar-refractivity contribution < 1.29 is 0 Å². The molecule has 1 aromatic rings. The van der Waals surface area contributed by atoms with Crippen LogP contribution in [0.3, 0.4) is 0 Å². The first-order valence-corrected chi connectivity index (χ1v) is 7.27. The second kappa shape index (κ2) is 7.75. The molecule has 1 unspecified atom stereocenters. The maximum absolute atomic E-state index is 3.42. The van der Waals surface area contributed by atoms with Crippen molar-refractivity contribution in [1.82, 2.24) is 10.2 Å². The van der Waals surface area contributed by atoms with Gasteiger partial charge in [0.2, 0.25) is 0 Å². The third-order valence-corrected chi connectivity index (χ3v) is 3.68. The van der Waals surface area contributed by atoms with E-state index in [9.17, 15) is 0 Å². The van der Waals surface area contributed by atoms with Crippen molar-refractivity contribution in [3.8, 4) is 0 Å². The largest absolute Gasteiger partial charge is 0.315 e. The first-order valence-electron chi connectivity index (χ1n) is 6.29. The Kier molecular flexibility index (Phi) is 6.63. The van der Waals surface area contributed by atoms with E-state index >= 15 is 0 Å². The van der Waals surface area contributed by atoms with E-state index in [1.165, 1.54) is 10.5 Å². The lowest BCUT2D eigenvalue weighted by Crippen LogP contribution is -2.30. The number of hydrogen-bond donors (Lipinski definition) is 1. The van der Waals surface area contributed by atoms with E-state index in [0.717, 1.165) is 18.8 Å². The molecule has 0 bridgehead atoms. The summed E-state index contributed by atoms with van der Waals surface area (Å²) in [7, 11) is 4.27. The van der Waals surface area contributed by atoms with Gasteiger partial charge in [0.1, 0.15) is 0 Å². The Labute approximate surface area is 110 Å². The quantitative estimate of drug-likeness (QED) is 0.751. The van der Waals surface area contributed by atoms with Crippen LogP contribution in [0, 0.1) is 0 Å². The minimum absolute atomic E-state index is 0.454. The number of nitrogens with one attached hydrogen (secondary N) is 1. The molecule has 0 heterocycles. The van der Waals surface area contributed by atoms with Gasteiger partial charge in [0.15, 0.2) is 0 Å². The summed E-state index contributed by atoms with van der Waals surface area (Å²) in [6.45, 7) is 6.36. The molecular weight excluding hydrogens is 228 g/mol. The summed E-state index contributed by atoms with van der Waals surface area (Å²) in [6.07, 6.45) is 0. The highest BCUT2D eigenvalue weighted by Crippen LogP contribution is 2.22. The zero-order valence-electron chi connectivity index (χ0n) is 11.4. The second-order valence-corrected chi connectivity index (χ2v) is 5.63. The molecule has 0 aliphatic carbocycles. The van der Waals surface area contributed by atoms with Crippen LogP contribution in [-0.2, 0) is 0 Å². The summed E-state index contributed by atoms with van der Waals surface area (Å²) < 4.78 is 0. The molecule has 0 amide bonds. The van der Waals surface area contributed by atoms with E-state index < -0.39 is 0 Å². The normalized spacial score (nSPS) is 13.0. The smallest absolute Gasteiger partial charge is 0.0466 e. The van der Waals surface area contributed by atoms with E-state index in [4.69, 9.17) is 0 Å². The molecule has 1 N–H and O–H groups in total. The number of benzene rings is 1. The number of likely N-dealkylation sites (N-methyl/N-ethyl adjacent to an activating group) is 2. The van der Waals surface area contributed by atoms with Crippen LogP contribution >= 0.6 is 11.8 Å². The molecule has 96 valence electrons. The minimum Gasteiger partial charge on any atom is -0.315 e. The van der Waals surface area contributed by atoms with Gasteiger partial charge in [-0.3, -0.25) is 0 Å². The molecule has 0 saturated carbocycles. The van der Waals surface area contributed by atoms with Crippen molar-refractivity contribution in [2.24, 2.45) is 0 Å². The molecule has 0 spiro atoms. The van der Waals surface area contributed by atoms with Crippen LogP contribution in [0.5, 0.6) is 0 Å². The van der Waals surface area contributed by atoms with Gasteiger partial charge in [-0.1, -0.05) is 26.0 Å². The highest BCUT2D eigenvalue weighted by molar-refractivity contribution is 7.99. The SMILES string of the molecule is CCNCC(c1ccc(SCC)cc1)N(C)C. The summed E-state index contributed by atoms with van der Waals surface area (Å²) in [5, 5.41) is 3.42. The van der Waals surface area contributed by atoms with Gasteiger partial charge in [0, 0.05) is 17.5 Å². The Balaban J connectivity index is 2.72. The molecule has 0 fully saturated rings. The van der Waals surface area contributed by atoms with Gasteiger partial charge < -0.3 is 10.2 Å². The maximum Gasteiger partial charge on any atom is 0.0466 e. The lowest BCUT2D eigenvalue weighted by molar-refractivity contribution is 0.290. The Morgan fingerprint density at radius 2 is 1.82 bits per heavy atom. The number of rotatable bonds is 7. The fourth-order valence-electron chi connectivity index (χ4n) is 1.83. The monoisotopic (exact) mass is 252 g/mol. The molecule has 3 heteroatoms. The van der Waals surface area contributed by atoms with Gasteiger partial charge in [-0.15, -0.1) is 11.8 Å². The zero-order valence-corrected chi connectivity index (χ0v) is 12.2. The molecule has 1 rings (SSSR count). The van der Waals surface area contributed by atoms with Crippen molar-refractivity contribution in [3.63, 3.8) is 0 Å². The Hall–Kier alpha value is -0.510. The van der Waals surface area contributed by atoms with Gasteiger partial charge >= 0.3 is 0 Å². The second-order valence-electron chi connectivity index (χ2n) is 4.29. The van der Waals surface area contributed by atoms with Crippen molar-refractivity contribution in [2.45, 2.75) is 24.8 Å². The molecule has 17 heavy (non-hydrogen) atoms. The number of thioether (sulfide) groups is 1. The third kappa shape index (κ3) is 4.70. The molecule has 0 saturated heterocycles. The highest BCUT2D eigenvalue weighted by atomic mass is 32.2. The molecule has 0 radical (unpaired) electrons. The Morgan fingerprint density at radius 3 is 2.29 bits per heavy atom.